The van der Waals surface area contributed by atoms with Gasteiger partial charge in [0.1, 0.15) is 43.4 Å². The minimum atomic E-state index is -0.784. The predicted octanol–water partition coefficient (Wildman–Crippen LogP) is 14.3. The number of amides is 7. The van der Waals surface area contributed by atoms with E-state index in [1.807, 2.05) is 205 Å². The van der Waals surface area contributed by atoms with Gasteiger partial charge in [-0.25, -0.2) is 24.0 Å². The van der Waals surface area contributed by atoms with E-state index in [0.717, 1.165) is 79.3 Å². The molecule has 13 rings (SSSR count). The molecule has 3 unspecified atom stereocenters. The Kier molecular flexibility index (Phi) is 44.9. The van der Waals surface area contributed by atoms with Gasteiger partial charge in [-0.2, -0.15) is 0 Å². The number of carbonyl (C=O) groups excluding carboxylic acids is 9. The SMILES string of the molecule is CC(=O)c1ccc(CO)c(C#CCNC(=O)OCc2ccccc2)c1.CC(=O)c1ccc(CO)c(I)c1.CC(NC1CC1)c1ccc(CO)c(C#CCNC(=O)OCc2ccccc2)c1.CC(c1ccc(CO)c(C#CCNC(=O)OCc2ccccc2)c1)N(C(=O)[C@H]1CN(C(=O)OC(C)(C)C)CCO1)C1CC1.CC(c1ccc(CO)c(OCCN)c1)N(C(=O)[C@H]1CN(C(=O)OC(C)(C)C)CCO1)C1CC1. The third-order valence-corrected chi connectivity index (χ3v) is 23.6. The van der Waals surface area contributed by atoms with E-state index in [0.29, 0.717) is 77.0 Å². The van der Waals surface area contributed by atoms with E-state index in [4.69, 9.17) is 48.7 Å². The molecular weight excluding hydrogens is 1910 g/mol. The summed E-state index contributed by atoms with van der Waals surface area (Å²) in [5.41, 5.74) is 16.7. The number of aliphatic hydroxyl groups excluding tert-OH is 5. The lowest BCUT2D eigenvalue weighted by Crippen LogP contribution is -2.54. The lowest BCUT2D eigenvalue weighted by atomic mass is 9.99. The van der Waals surface area contributed by atoms with Crippen LogP contribution in [0, 0.1) is 39.1 Å². The van der Waals surface area contributed by atoms with Crippen LogP contribution >= 0.6 is 22.6 Å². The van der Waals surface area contributed by atoms with Crippen LogP contribution in [0.5, 0.6) is 5.75 Å². The van der Waals surface area contributed by atoms with Crippen molar-refractivity contribution in [2.75, 3.05) is 72.2 Å². The maximum atomic E-state index is 13.8. The van der Waals surface area contributed by atoms with Gasteiger partial charge in [0.25, 0.3) is 11.8 Å². The molecule has 0 bridgehead atoms. The second-order valence-electron chi connectivity index (χ2n) is 36.1. The summed E-state index contributed by atoms with van der Waals surface area (Å²) >= 11 is 2.11. The van der Waals surface area contributed by atoms with Crippen molar-refractivity contribution in [3.8, 4) is 41.3 Å². The van der Waals surface area contributed by atoms with Crippen molar-refractivity contribution in [1.29, 1.82) is 0 Å². The van der Waals surface area contributed by atoms with E-state index >= 15 is 0 Å². The monoisotopic (exact) mass is 2050 g/mol. The van der Waals surface area contributed by atoms with Gasteiger partial charge in [0, 0.05) is 80.8 Å². The molecule has 8 aromatic carbocycles. The molecule has 0 aromatic heterocycles. The van der Waals surface area contributed by atoms with Gasteiger partial charge in [-0.3, -0.25) is 19.2 Å². The molecule has 3 aliphatic carbocycles. The number of alkyl carbamates (subject to hydrolysis) is 3. The molecule has 2 aliphatic heterocycles. The Bertz CT molecular complexity index is 5690. The maximum Gasteiger partial charge on any atom is 0.410 e. The Morgan fingerprint density at radius 3 is 1.18 bits per heavy atom. The Morgan fingerprint density at radius 2 is 0.816 bits per heavy atom. The number of aliphatic hydroxyl groups is 5. The lowest BCUT2D eigenvalue weighted by Gasteiger charge is -2.38. The highest BCUT2D eigenvalue weighted by molar-refractivity contribution is 14.1. The molecule has 31 nitrogen and oxygen atoms in total. The zero-order valence-electron chi connectivity index (χ0n) is 82.0. The number of benzene rings is 8. The first-order valence-electron chi connectivity index (χ1n) is 47.2. The van der Waals surface area contributed by atoms with Crippen molar-refractivity contribution in [2.24, 2.45) is 5.73 Å². The van der Waals surface area contributed by atoms with E-state index in [9.17, 15) is 63.6 Å². The number of nitrogens with one attached hydrogen (secondary N) is 4. The van der Waals surface area contributed by atoms with E-state index in [-0.39, 0.29) is 152 Å². The summed E-state index contributed by atoms with van der Waals surface area (Å²) in [6.07, 6.45) is 2.08. The fourth-order valence-corrected chi connectivity index (χ4v) is 15.2. The number of ether oxygens (including phenoxy) is 8. The second kappa shape index (κ2) is 56.6. The smallest absolute Gasteiger partial charge is 0.410 e. The average molecular weight is 2050 g/mol. The number of Topliss-reactive ketones (excluding diaryl/α,β-unsaturated/α-hetero) is 2. The number of hydrogen-bond acceptors (Lipinski definition) is 24. The fraction of sp³-hybridized carbons (Fsp3) is 0.422. The minimum absolute atomic E-state index is 0.0243. The number of ketones is 2. The van der Waals surface area contributed by atoms with Crippen molar-refractivity contribution < 1.29 is 107 Å². The van der Waals surface area contributed by atoms with Crippen LogP contribution in [0.2, 0.25) is 0 Å². The molecule has 0 spiro atoms. The summed E-state index contributed by atoms with van der Waals surface area (Å²) < 4.78 is 44.7. The highest BCUT2D eigenvalue weighted by atomic mass is 127. The molecular formula is C109H132IN9O22. The molecule has 752 valence electrons. The summed E-state index contributed by atoms with van der Waals surface area (Å²) in [6.45, 7) is 22.6. The van der Waals surface area contributed by atoms with Crippen LogP contribution in [0.1, 0.15) is 231 Å². The molecule has 5 atom stereocenters. The molecule has 11 N–H and O–H groups in total. The standard InChI is InChI=1S/C33H41N3O7.C24H37N3O6.C23H26N2O3.C20H19NO4.C9H9IO2/c1-23(36(28-14-15-28)30(38)29-20-35(17-18-41-29)32(40)43-33(2,3)4)25-12-13-27(21-37)26(19-25)11-8-16-34-31(39)42-22-24-9-6-5-7-10-24;1-16(17-5-6-18(15-28)20(13-17)31-11-9-25)27(19-7-8-19)22(29)21-14-26(10-12-32-21)23(30)33-24(2,3)4;1-17(25-22-11-12-22)19-9-10-21(15-26)20(14-19)8-5-13-24-23(27)28-16-18-6-3-2-4-7-18;1-15(23)17-9-10-19(13-22)18(12-17)8-5-11-21-20(24)25-14-16-6-3-2-4-7-16;1-6(12)7-2-3-8(5-11)9(10)4-7/h5-7,9-10,12-13,19,23,28-29,37H,14-18,20-22H2,1-4H3,(H,34,39);5-6,13,16,19,21,28H,7-12,14-15,25H2,1-4H3;2-4,6-7,9-10,14,17,22,25-26H,11-13,15-16H2,1H3,(H,24,27);2-4,6-7,9-10,12,22H,11,13-14H2,1H3,(H,21,24);2-4,11H,5H2,1H3/t23?,29-;16?,21-;;;/m11.../s1. The molecule has 0 radical (unpaired) electrons. The Morgan fingerprint density at radius 1 is 0.461 bits per heavy atom. The van der Waals surface area contributed by atoms with Gasteiger partial charge in [0.05, 0.1) is 91.1 Å². The zero-order valence-corrected chi connectivity index (χ0v) is 84.2. The first kappa shape index (κ1) is 112. The Balaban J connectivity index is 0.000000205. The number of halogens is 1. The second-order valence-corrected chi connectivity index (χ2v) is 37.3. The number of nitrogens with zero attached hydrogens (tertiary/aromatic N) is 4. The van der Waals surface area contributed by atoms with Crippen molar-refractivity contribution in [3.05, 3.63) is 275 Å². The van der Waals surface area contributed by atoms with Gasteiger partial charge in [0.2, 0.25) is 0 Å². The fourth-order valence-electron chi connectivity index (χ4n) is 14.5. The van der Waals surface area contributed by atoms with Crippen LogP contribution in [0.4, 0.5) is 24.0 Å². The molecule has 141 heavy (non-hydrogen) atoms. The number of nitrogens with two attached hydrogens (primary N) is 1. The molecule has 3 saturated carbocycles. The summed E-state index contributed by atoms with van der Waals surface area (Å²) in [7, 11) is 0. The molecule has 8 aromatic rings. The number of carbonyl (C=O) groups is 9. The largest absolute Gasteiger partial charge is 0.492 e. The van der Waals surface area contributed by atoms with Crippen LogP contribution in [0.3, 0.4) is 0 Å². The zero-order chi connectivity index (χ0) is 102. The van der Waals surface area contributed by atoms with Gasteiger partial charge in [-0.1, -0.05) is 187 Å². The lowest BCUT2D eigenvalue weighted by molar-refractivity contribution is -0.152. The van der Waals surface area contributed by atoms with Crippen LogP contribution in [0.15, 0.2) is 182 Å². The van der Waals surface area contributed by atoms with E-state index in [2.05, 4.69) is 86.3 Å². The van der Waals surface area contributed by atoms with Gasteiger partial charge >= 0.3 is 30.5 Å². The van der Waals surface area contributed by atoms with Crippen LogP contribution in [0.25, 0.3) is 0 Å². The summed E-state index contributed by atoms with van der Waals surface area (Å²) in [4.78, 5) is 117. The van der Waals surface area contributed by atoms with Gasteiger partial charge in [-0.05, 0) is 223 Å². The van der Waals surface area contributed by atoms with Crippen molar-refractivity contribution >= 4 is 76.4 Å². The molecule has 2 heterocycles. The van der Waals surface area contributed by atoms with Crippen molar-refractivity contribution in [3.63, 3.8) is 0 Å². The van der Waals surface area contributed by atoms with Crippen molar-refractivity contribution in [2.45, 2.75) is 227 Å². The number of morpholine rings is 2. The minimum Gasteiger partial charge on any atom is -0.492 e. The quantitative estimate of drug-likeness (QED) is 0.00865. The Hall–Kier alpha value is -12.8. The molecule has 5 fully saturated rings. The first-order chi connectivity index (χ1) is 67.6. The topological polar surface area (TPSA) is 416 Å². The van der Waals surface area contributed by atoms with Gasteiger partial charge < -0.3 is 110 Å². The summed E-state index contributed by atoms with van der Waals surface area (Å²) in [5.74, 6) is 17.8. The average Bonchev–Trinajstić information content (AvgIpc) is 1.63. The predicted molar refractivity (Wildman–Crippen MR) is 540 cm³/mol. The molecule has 2 saturated heterocycles. The first-order valence-corrected chi connectivity index (χ1v) is 48.3. The van der Waals surface area contributed by atoms with Crippen molar-refractivity contribution in [1.82, 2.24) is 40.9 Å². The third kappa shape index (κ3) is 38.0. The number of rotatable bonds is 30. The highest BCUT2D eigenvalue weighted by Crippen LogP contribution is 2.39. The van der Waals surface area contributed by atoms with Crippen LogP contribution < -0.4 is 31.7 Å². The normalized spacial score (nSPS) is 15.2. The van der Waals surface area contributed by atoms with Gasteiger partial charge in [-0.15, -0.1) is 0 Å². The highest BCUT2D eigenvalue weighted by Gasteiger charge is 2.44. The van der Waals surface area contributed by atoms with Crippen LogP contribution in [-0.4, -0.2) is 213 Å². The van der Waals surface area contributed by atoms with Gasteiger partial charge in [0.15, 0.2) is 23.8 Å². The molecule has 32 heteroatoms. The molecule has 7 amide bonds. The van der Waals surface area contributed by atoms with E-state index in [1.54, 1.807) is 47.4 Å². The third-order valence-electron chi connectivity index (χ3n) is 22.6. The number of hydrogen-bond donors (Lipinski definition) is 10. The Labute approximate surface area is 839 Å². The van der Waals surface area contributed by atoms with E-state index < -0.39 is 53.9 Å². The summed E-state index contributed by atoms with van der Waals surface area (Å²) in [6, 6.07) is 56.2. The van der Waals surface area contributed by atoms with E-state index in [1.165, 1.54) is 31.6 Å². The molecule has 5 aliphatic rings. The maximum absolute atomic E-state index is 13.8. The summed E-state index contributed by atoms with van der Waals surface area (Å²) in [5, 5.41) is 58.6. The van der Waals surface area contributed by atoms with Crippen LogP contribution in [-0.2, 0) is 95.6 Å².